The van der Waals surface area contributed by atoms with Gasteiger partial charge in [0.15, 0.2) is 0 Å². The first-order chi connectivity index (χ1) is 6.72. The van der Waals surface area contributed by atoms with Gasteiger partial charge < -0.3 is 0 Å². The van der Waals surface area contributed by atoms with Crippen LogP contribution < -0.4 is 0 Å². The molecular formula is C9H8BrN3O. The molecule has 0 saturated heterocycles. The summed E-state index contributed by atoms with van der Waals surface area (Å²) in [7, 11) is 0. The van der Waals surface area contributed by atoms with Gasteiger partial charge >= 0.3 is 0 Å². The van der Waals surface area contributed by atoms with Gasteiger partial charge in [0.25, 0.3) is 0 Å². The Bertz CT molecular complexity index is 368. The van der Waals surface area contributed by atoms with Crippen molar-refractivity contribution in [3.05, 3.63) is 44.7 Å². The molecule has 0 aromatic heterocycles. The molecule has 72 valence electrons. The third-order valence-electron chi connectivity index (χ3n) is 1.62. The minimum absolute atomic E-state index is 0.0768. The Morgan fingerprint density at radius 3 is 2.64 bits per heavy atom. The zero-order valence-corrected chi connectivity index (χ0v) is 8.94. The monoisotopic (exact) mass is 253 g/mol. The number of rotatable bonds is 4. The molecule has 1 aromatic rings. The predicted octanol–water partition coefficient (Wildman–Crippen LogP) is 2.87. The summed E-state index contributed by atoms with van der Waals surface area (Å²) < 4.78 is 0.976. The zero-order valence-electron chi connectivity index (χ0n) is 7.35. The minimum Gasteiger partial charge on any atom is -0.299 e. The number of benzene rings is 1. The van der Waals surface area contributed by atoms with Gasteiger partial charge in [-0.15, -0.1) is 0 Å². The lowest BCUT2D eigenvalue weighted by molar-refractivity contribution is -0.117. The highest BCUT2D eigenvalue weighted by atomic mass is 79.9. The number of Topliss-reactive ketones (excluding diaryl/α,β-unsaturated/α-hetero) is 1. The Balaban J connectivity index is 2.56. The van der Waals surface area contributed by atoms with E-state index < -0.39 is 0 Å². The number of hydrogen-bond acceptors (Lipinski definition) is 2. The van der Waals surface area contributed by atoms with Gasteiger partial charge in [-0.2, -0.15) is 0 Å². The normalized spacial score (nSPS) is 9.21. The number of hydrogen-bond donors (Lipinski definition) is 0. The highest BCUT2D eigenvalue weighted by molar-refractivity contribution is 9.10. The van der Waals surface area contributed by atoms with Crippen molar-refractivity contribution in [2.24, 2.45) is 5.11 Å². The lowest BCUT2D eigenvalue weighted by atomic mass is 10.1. The van der Waals surface area contributed by atoms with Crippen molar-refractivity contribution in [3.63, 3.8) is 0 Å². The molecule has 0 spiro atoms. The van der Waals surface area contributed by atoms with E-state index >= 15 is 0 Å². The molecule has 0 aliphatic rings. The molecule has 0 fully saturated rings. The number of carbonyl (C=O) groups excluding carboxylic acids is 1. The van der Waals surface area contributed by atoms with Crippen molar-refractivity contribution in [2.45, 2.75) is 6.42 Å². The van der Waals surface area contributed by atoms with Crippen LogP contribution in [0.5, 0.6) is 0 Å². The van der Waals surface area contributed by atoms with Gasteiger partial charge in [0.1, 0.15) is 5.78 Å². The van der Waals surface area contributed by atoms with Crippen molar-refractivity contribution < 1.29 is 4.79 Å². The Kier molecular flexibility index (Phi) is 4.16. The van der Waals surface area contributed by atoms with Crippen molar-refractivity contribution in [1.29, 1.82) is 0 Å². The average molecular weight is 254 g/mol. The number of nitrogens with zero attached hydrogens (tertiary/aromatic N) is 3. The van der Waals surface area contributed by atoms with Crippen LogP contribution in [0.2, 0.25) is 0 Å². The molecule has 4 nitrogen and oxygen atoms in total. The van der Waals surface area contributed by atoms with Gasteiger partial charge in [-0.25, -0.2) is 0 Å². The minimum atomic E-state index is -0.0786. The fourth-order valence-corrected chi connectivity index (χ4v) is 1.26. The van der Waals surface area contributed by atoms with Crippen molar-refractivity contribution >= 4 is 21.7 Å². The molecule has 0 radical (unpaired) electrons. The fraction of sp³-hybridized carbons (Fsp3) is 0.222. The second-order valence-corrected chi connectivity index (χ2v) is 3.65. The van der Waals surface area contributed by atoms with E-state index in [1.807, 2.05) is 24.3 Å². The summed E-state index contributed by atoms with van der Waals surface area (Å²) in [6, 6.07) is 7.46. The van der Waals surface area contributed by atoms with E-state index in [0.29, 0.717) is 6.42 Å². The second-order valence-electron chi connectivity index (χ2n) is 2.73. The van der Waals surface area contributed by atoms with Crippen LogP contribution >= 0.6 is 15.9 Å². The van der Waals surface area contributed by atoms with Crippen LogP contribution in [0, 0.1) is 0 Å². The maximum absolute atomic E-state index is 11.2. The summed E-state index contributed by atoms with van der Waals surface area (Å²) in [5.41, 5.74) is 8.94. The number of halogens is 1. The molecule has 14 heavy (non-hydrogen) atoms. The third-order valence-corrected chi connectivity index (χ3v) is 2.15. The van der Waals surface area contributed by atoms with Crippen LogP contribution in [0.1, 0.15) is 5.56 Å². The Morgan fingerprint density at radius 1 is 1.43 bits per heavy atom. The smallest absolute Gasteiger partial charge is 0.143 e. The lowest BCUT2D eigenvalue weighted by Gasteiger charge is -1.98. The standard InChI is InChI=1S/C9H8BrN3O/c10-8-3-1-7(2-4-8)5-9(14)6-12-13-11/h1-4H,5-6H2. The number of ketones is 1. The molecule has 0 unspecified atom stereocenters. The third kappa shape index (κ3) is 3.60. The highest BCUT2D eigenvalue weighted by Crippen LogP contribution is 2.10. The maximum Gasteiger partial charge on any atom is 0.143 e. The van der Waals surface area contributed by atoms with Gasteiger partial charge in [-0.1, -0.05) is 33.2 Å². The first kappa shape index (κ1) is 10.8. The zero-order chi connectivity index (χ0) is 10.4. The molecule has 0 aliphatic carbocycles. The molecule has 0 N–H and O–H groups in total. The number of azide groups is 1. The van der Waals surface area contributed by atoms with Crippen LogP contribution in [0.4, 0.5) is 0 Å². The van der Waals surface area contributed by atoms with Gasteiger partial charge in [0.2, 0.25) is 0 Å². The second kappa shape index (κ2) is 5.42. The molecule has 1 rings (SSSR count). The summed E-state index contributed by atoms with van der Waals surface area (Å²) in [4.78, 5) is 13.7. The summed E-state index contributed by atoms with van der Waals surface area (Å²) in [6.07, 6.45) is 0.312. The molecule has 0 bridgehead atoms. The summed E-state index contributed by atoms with van der Waals surface area (Å²) in [5.74, 6) is -0.0786. The first-order valence-electron chi connectivity index (χ1n) is 3.99. The fourth-order valence-electron chi connectivity index (χ4n) is 0.996. The topological polar surface area (TPSA) is 65.8 Å². The van der Waals surface area contributed by atoms with Gasteiger partial charge in [0, 0.05) is 15.8 Å². The van der Waals surface area contributed by atoms with E-state index in [0.717, 1.165) is 10.0 Å². The van der Waals surface area contributed by atoms with Crippen LogP contribution in [0.15, 0.2) is 33.9 Å². The maximum atomic E-state index is 11.2. The van der Waals surface area contributed by atoms with Gasteiger partial charge in [0.05, 0.1) is 6.54 Å². The summed E-state index contributed by atoms with van der Waals surface area (Å²) in [6.45, 7) is -0.0768. The van der Waals surface area contributed by atoms with Crippen LogP contribution in [0.25, 0.3) is 10.4 Å². The van der Waals surface area contributed by atoms with Crippen LogP contribution in [-0.2, 0) is 11.2 Å². The molecule has 0 aliphatic heterocycles. The molecule has 0 heterocycles. The van der Waals surface area contributed by atoms with Crippen molar-refractivity contribution in [1.82, 2.24) is 0 Å². The van der Waals surface area contributed by atoms with E-state index in [9.17, 15) is 4.79 Å². The lowest BCUT2D eigenvalue weighted by Crippen LogP contribution is -2.05. The SMILES string of the molecule is [N-]=[N+]=NCC(=O)Cc1ccc(Br)cc1. The van der Waals surface area contributed by atoms with E-state index in [-0.39, 0.29) is 12.3 Å². The Morgan fingerprint density at radius 2 is 2.07 bits per heavy atom. The summed E-state index contributed by atoms with van der Waals surface area (Å²) >= 11 is 3.30. The van der Waals surface area contributed by atoms with Gasteiger partial charge in [-0.3, -0.25) is 4.79 Å². The average Bonchev–Trinajstić information content (AvgIpc) is 2.18. The summed E-state index contributed by atoms with van der Waals surface area (Å²) in [5, 5.41) is 3.21. The van der Waals surface area contributed by atoms with Gasteiger partial charge in [-0.05, 0) is 23.2 Å². The quantitative estimate of drug-likeness (QED) is 0.462. The van der Waals surface area contributed by atoms with E-state index in [2.05, 4.69) is 26.0 Å². The first-order valence-corrected chi connectivity index (χ1v) is 4.78. The predicted molar refractivity (Wildman–Crippen MR) is 56.9 cm³/mol. The van der Waals surface area contributed by atoms with Crippen molar-refractivity contribution in [2.75, 3.05) is 6.54 Å². The molecule has 1 aromatic carbocycles. The Hall–Kier alpha value is -1.32. The van der Waals surface area contributed by atoms with E-state index in [1.54, 1.807) is 0 Å². The van der Waals surface area contributed by atoms with E-state index in [4.69, 9.17) is 5.53 Å². The molecule has 0 atom stereocenters. The van der Waals surface area contributed by atoms with Crippen molar-refractivity contribution in [3.8, 4) is 0 Å². The molecule has 0 saturated carbocycles. The Labute approximate surface area is 89.7 Å². The molecule has 0 amide bonds. The highest BCUT2D eigenvalue weighted by Gasteiger charge is 2.01. The van der Waals surface area contributed by atoms with Crippen LogP contribution in [-0.4, -0.2) is 12.3 Å². The van der Waals surface area contributed by atoms with Crippen LogP contribution in [0.3, 0.4) is 0 Å². The molecular weight excluding hydrogens is 246 g/mol. The van der Waals surface area contributed by atoms with E-state index in [1.165, 1.54) is 0 Å². The molecule has 5 heteroatoms. The number of carbonyl (C=O) groups is 1. The largest absolute Gasteiger partial charge is 0.299 e.